The van der Waals surface area contributed by atoms with E-state index in [4.69, 9.17) is 21.1 Å². The van der Waals surface area contributed by atoms with E-state index in [9.17, 15) is 4.79 Å². The number of halogens is 1. The number of carbonyl (C=O) groups excluding carboxylic acids is 1. The molecule has 0 aliphatic carbocycles. The van der Waals surface area contributed by atoms with Gasteiger partial charge >= 0.3 is 0 Å². The van der Waals surface area contributed by atoms with Gasteiger partial charge in [-0.3, -0.25) is 4.79 Å². The molecule has 0 atom stereocenters. The van der Waals surface area contributed by atoms with Crippen LogP contribution in [0, 0.1) is 0 Å². The molecule has 1 heterocycles. The number of Topliss-reactive ketones (excluding diaryl/α,β-unsaturated/α-hetero) is 1. The molecule has 118 valence electrons. The number of carbonyl (C=O) groups is 1. The van der Waals surface area contributed by atoms with E-state index in [1.54, 1.807) is 37.4 Å². The number of ketones is 1. The summed E-state index contributed by atoms with van der Waals surface area (Å²) in [4.78, 5) is 12.9. The van der Waals surface area contributed by atoms with Crippen LogP contribution in [0.4, 0.5) is 0 Å². The van der Waals surface area contributed by atoms with Gasteiger partial charge in [-0.25, -0.2) is 0 Å². The summed E-state index contributed by atoms with van der Waals surface area (Å²) < 4.78 is 11.2. The molecule has 0 amide bonds. The molecule has 2 aromatic rings. The van der Waals surface area contributed by atoms with Gasteiger partial charge in [0.25, 0.3) is 0 Å². The molecule has 0 N–H and O–H groups in total. The van der Waals surface area contributed by atoms with E-state index < -0.39 is 5.60 Å². The Morgan fingerprint density at radius 3 is 2.48 bits per heavy atom. The van der Waals surface area contributed by atoms with E-state index in [0.717, 1.165) is 5.56 Å². The van der Waals surface area contributed by atoms with E-state index in [2.05, 4.69) is 0 Å². The fourth-order valence-corrected chi connectivity index (χ4v) is 2.74. The van der Waals surface area contributed by atoms with E-state index in [1.165, 1.54) is 0 Å². The third kappa shape index (κ3) is 2.97. The van der Waals surface area contributed by atoms with Crippen molar-refractivity contribution in [1.82, 2.24) is 0 Å². The Bertz CT molecular complexity index is 789. The van der Waals surface area contributed by atoms with Gasteiger partial charge in [-0.2, -0.15) is 0 Å². The molecule has 0 saturated carbocycles. The quantitative estimate of drug-likeness (QED) is 0.744. The number of hydrogen-bond donors (Lipinski definition) is 0. The largest absolute Gasteiger partial charge is 0.497 e. The molecule has 1 aliphatic heterocycles. The van der Waals surface area contributed by atoms with Crippen molar-refractivity contribution in [2.45, 2.75) is 19.4 Å². The highest BCUT2D eigenvalue weighted by molar-refractivity contribution is 6.30. The van der Waals surface area contributed by atoms with E-state index in [0.29, 0.717) is 27.7 Å². The first-order valence-electron chi connectivity index (χ1n) is 7.30. The zero-order valence-corrected chi connectivity index (χ0v) is 14.0. The predicted molar refractivity (Wildman–Crippen MR) is 91.5 cm³/mol. The predicted octanol–water partition coefficient (Wildman–Crippen LogP) is 4.79. The number of hydrogen-bond acceptors (Lipinski definition) is 3. The maximum atomic E-state index is 12.9. The van der Waals surface area contributed by atoms with Crippen molar-refractivity contribution in [2.24, 2.45) is 0 Å². The van der Waals surface area contributed by atoms with E-state index in [1.807, 2.05) is 32.1 Å². The van der Waals surface area contributed by atoms with Gasteiger partial charge in [0, 0.05) is 10.6 Å². The molecule has 0 bridgehead atoms. The molecule has 0 spiro atoms. The topological polar surface area (TPSA) is 35.5 Å². The maximum absolute atomic E-state index is 12.9. The van der Waals surface area contributed by atoms with Gasteiger partial charge in [0.15, 0.2) is 5.78 Å². The molecule has 4 heteroatoms. The molecule has 3 nitrogen and oxygen atoms in total. The standard InChI is InChI=1S/C19H17ClO3/c1-19(2)16(10-12-4-6-13(20)7-5-12)18(21)15-11-14(22-3)8-9-17(15)23-19/h4-11H,1-3H3/b16-10-. The molecule has 0 fully saturated rings. The highest BCUT2D eigenvalue weighted by Crippen LogP contribution is 2.39. The second kappa shape index (κ2) is 5.74. The first-order valence-corrected chi connectivity index (χ1v) is 7.68. The molecular weight excluding hydrogens is 312 g/mol. The van der Waals surface area contributed by atoms with Crippen molar-refractivity contribution < 1.29 is 14.3 Å². The van der Waals surface area contributed by atoms with Crippen molar-refractivity contribution in [1.29, 1.82) is 0 Å². The summed E-state index contributed by atoms with van der Waals surface area (Å²) in [6.07, 6.45) is 1.85. The third-order valence-electron chi connectivity index (χ3n) is 3.87. The summed E-state index contributed by atoms with van der Waals surface area (Å²) in [5, 5.41) is 0.660. The van der Waals surface area contributed by atoms with Gasteiger partial charge < -0.3 is 9.47 Å². The fraction of sp³-hybridized carbons (Fsp3) is 0.211. The average Bonchev–Trinajstić information content (AvgIpc) is 2.52. The van der Waals surface area contributed by atoms with Crippen LogP contribution in [-0.2, 0) is 0 Å². The summed E-state index contributed by atoms with van der Waals surface area (Å²) in [5.41, 5.74) is 1.31. The van der Waals surface area contributed by atoms with Gasteiger partial charge in [0.2, 0.25) is 0 Å². The fourth-order valence-electron chi connectivity index (χ4n) is 2.62. The van der Waals surface area contributed by atoms with Gasteiger partial charge in [-0.05, 0) is 55.8 Å². The average molecular weight is 329 g/mol. The molecular formula is C19H17ClO3. The minimum Gasteiger partial charge on any atom is -0.497 e. The first-order chi connectivity index (χ1) is 10.9. The Morgan fingerprint density at radius 2 is 1.83 bits per heavy atom. The Balaban J connectivity index is 2.09. The molecule has 1 aliphatic rings. The van der Waals surface area contributed by atoms with Gasteiger partial charge in [0.05, 0.1) is 12.7 Å². The van der Waals surface area contributed by atoms with Crippen LogP contribution >= 0.6 is 11.6 Å². The number of methoxy groups -OCH3 is 1. The summed E-state index contributed by atoms with van der Waals surface area (Å²) >= 11 is 5.91. The maximum Gasteiger partial charge on any atom is 0.196 e. The van der Waals surface area contributed by atoms with Crippen LogP contribution in [0.5, 0.6) is 11.5 Å². The Kier molecular flexibility index (Phi) is 3.90. The first kappa shape index (κ1) is 15.6. The summed E-state index contributed by atoms with van der Waals surface area (Å²) in [6.45, 7) is 3.78. The van der Waals surface area contributed by atoms with Crippen molar-refractivity contribution >= 4 is 23.5 Å². The Labute approximate surface area is 140 Å². The van der Waals surface area contributed by atoms with Crippen LogP contribution in [0.1, 0.15) is 29.8 Å². The highest BCUT2D eigenvalue weighted by atomic mass is 35.5. The molecule has 0 radical (unpaired) electrons. The lowest BCUT2D eigenvalue weighted by Crippen LogP contribution is -2.38. The summed E-state index contributed by atoms with van der Waals surface area (Å²) in [5.74, 6) is 1.16. The summed E-state index contributed by atoms with van der Waals surface area (Å²) in [6, 6.07) is 12.6. The smallest absolute Gasteiger partial charge is 0.196 e. The molecule has 2 aromatic carbocycles. The number of benzene rings is 2. The van der Waals surface area contributed by atoms with Crippen LogP contribution < -0.4 is 9.47 Å². The van der Waals surface area contributed by atoms with Gasteiger partial charge in [-0.1, -0.05) is 23.7 Å². The molecule has 23 heavy (non-hydrogen) atoms. The van der Waals surface area contributed by atoms with Crippen molar-refractivity contribution in [3.8, 4) is 11.5 Å². The SMILES string of the molecule is COc1ccc2c(c1)C(=O)/C(=C/c1ccc(Cl)cc1)C(C)(C)O2. The van der Waals surface area contributed by atoms with Crippen molar-refractivity contribution in [3.63, 3.8) is 0 Å². The minimum absolute atomic E-state index is 0.0508. The zero-order valence-electron chi connectivity index (χ0n) is 13.2. The van der Waals surface area contributed by atoms with E-state index in [-0.39, 0.29) is 5.78 Å². The number of rotatable bonds is 2. The van der Waals surface area contributed by atoms with Crippen molar-refractivity contribution in [3.05, 3.63) is 64.2 Å². The summed E-state index contributed by atoms with van der Waals surface area (Å²) in [7, 11) is 1.57. The van der Waals surface area contributed by atoms with Crippen LogP contribution in [-0.4, -0.2) is 18.5 Å². The second-order valence-electron chi connectivity index (χ2n) is 5.91. The highest BCUT2D eigenvalue weighted by Gasteiger charge is 2.38. The van der Waals surface area contributed by atoms with Crippen LogP contribution in [0.2, 0.25) is 5.02 Å². The second-order valence-corrected chi connectivity index (χ2v) is 6.35. The Morgan fingerprint density at radius 1 is 1.13 bits per heavy atom. The van der Waals surface area contributed by atoms with Gasteiger partial charge in [-0.15, -0.1) is 0 Å². The monoisotopic (exact) mass is 328 g/mol. The lowest BCUT2D eigenvalue weighted by molar-refractivity contribution is 0.0861. The van der Waals surface area contributed by atoms with E-state index >= 15 is 0 Å². The van der Waals surface area contributed by atoms with Crippen LogP contribution in [0.25, 0.3) is 6.08 Å². The lowest BCUT2D eigenvalue weighted by atomic mass is 9.85. The van der Waals surface area contributed by atoms with Crippen LogP contribution in [0.3, 0.4) is 0 Å². The molecule has 0 saturated heterocycles. The molecule has 0 aromatic heterocycles. The van der Waals surface area contributed by atoms with Gasteiger partial charge in [0.1, 0.15) is 17.1 Å². The zero-order chi connectivity index (χ0) is 16.6. The minimum atomic E-state index is -0.710. The third-order valence-corrected chi connectivity index (χ3v) is 4.12. The molecule has 3 rings (SSSR count). The molecule has 0 unspecified atom stereocenters. The van der Waals surface area contributed by atoms with Crippen LogP contribution in [0.15, 0.2) is 48.0 Å². The number of fused-ring (bicyclic) bond motifs is 1. The lowest BCUT2D eigenvalue weighted by Gasteiger charge is -2.34. The number of ether oxygens (including phenoxy) is 2. The Hall–Kier alpha value is -2.26. The normalized spacial score (nSPS) is 17.6. The van der Waals surface area contributed by atoms with Crippen molar-refractivity contribution in [2.75, 3.05) is 7.11 Å².